The Hall–Kier alpha value is -1.62. The smallest absolute Gasteiger partial charge is 0.232 e. The molecule has 0 spiro atoms. The van der Waals surface area contributed by atoms with Crippen LogP contribution in [0.4, 0.5) is 10.1 Å². The fourth-order valence-electron chi connectivity index (χ4n) is 1.45. The fourth-order valence-corrected chi connectivity index (χ4v) is 2.54. The maximum absolute atomic E-state index is 13.4. The summed E-state index contributed by atoms with van der Waals surface area (Å²) in [5.74, 6) is 4.48. The Kier molecular flexibility index (Phi) is 6.45. The van der Waals surface area contributed by atoms with Crippen LogP contribution in [-0.2, 0) is 14.8 Å². The first kappa shape index (κ1) is 16.4. The highest BCUT2D eigenvalue weighted by molar-refractivity contribution is 7.92. The molecule has 3 N–H and O–H groups in total. The third kappa shape index (κ3) is 5.57. The van der Waals surface area contributed by atoms with Gasteiger partial charge in [-0.2, -0.15) is 0 Å². The molecule has 0 aliphatic carbocycles. The van der Waals surface area contributed by atoms with Crippen molar-refractivity contribution in [3.63, 3.8) is 0 Å². The second-order valence-corrected chi connectivity index (χ2v) is 5.81. The molecule has 0 bridgehead atoms. The van der Waals surface area contributed by atoms with E-state index < -0.39 is 15.8 Å². The Bertz CT molecular complexity index is 606. The highest BCUT2D eigenvalue weighted by Crippen LogP contribution is 2.15. The van der Waals surface area contributed by atoms with E-state index in [4.69, 9.17) is 10.5 Å². The van der Waals surface area contributed by atoms with Crippen molar-refractivity contribution in [3.05, 3.63) is 29.6 Å². The van der Waals surface area contributed by atoms with Gasteiger partial charge in [0.1, 0.15) is 5.82 Å². The quantitative estimate of drug-likeness (QED) is 0.604. The Labute approximate surface area is 118 Å². The minimum Gasteiger partial charge on any atom is -0.385 e. The second kappa shape index (κ2) is 7.85. The van der Waals surface area contributed by atoms with Crippen molar-refractivity contribution in [2.45, 2.75) is 6.42 Å². The number of nitrogens with two attached hydrogens (primary N) is 1. The molecule has 0 radical (unpaired) electrons. The molecule has 110 valence electrons. The van der Waals surface area contributed by atoms with Gasteiger partial charge in [0.25, 0.3) is 0 Å². The van der Waals surface area contributed by atoms with Crippen molar-refractivity contribution in [2.75, 3.05) is 30.7 Å². The number of rotatable bonds is 6. The normalized spacial score (nSPS) is 10.8. The van der Waals surface area contributed by atoms with E-state index in [0.717, 1.165) is 6.07 Å². The largest absolute Gasteiger partial charge is 0.385 e. The maximum atomic E-state index is 13.4. The number of methoxy groups -OCH3 is 1. The van der Waals surface area contributed by atoms with Gasteiger partial charge in [0.2, 0.25) is 10.0 Å². The van der Waals surface area contributed by atoms with Gasteiger partial charge >= 0.3 is 0 Å². The van der Waals surface area contributed by atoms with Crippen molar-refractivity contribution in [1.82, 2.24) is 0 Å². The average Bonchev–Trinajstić information content (AvgIpc) is 2.39. The summed E-state index contributed by atoms with van der Waals surface area (Å²) in [5.41, 5.74) is 5.59. The number of sulfonamides is 1. The molecular formula is C13H17FN2O3S. The van der Waals surface area contributed by atoms with Crippen LogP contribution in [0.1, 0.15) is 12.0 Å². The first-order valence-corrected chi connectivity index (χ1v) is 7.61. The molecule has 5 nitrogen and oxygen atoms in total. The molecule has 7 heteroatoms. The summed E-state index contributed by atoms with van der Waals surface area (Å²) in [6.45, 7) is 0.462. The Morgan fingerprint density at radius 1 is 1.45 bits per heavy atom. The van der Waals surface area contributed by atoms with Crippen LogP contribution in [0.3, 0.4) is 0 Å². The standard InChI is InChI=1S/C13H17FN2O3S/c1-19-8-3-9-20(17,18)16-12-5-6-13(14)11(10-12)4-2-7-15/h5-6,10,16H,3,7-9,15H2,1H3. The van der Waals surface area contributed by atoms with Crippen LogP contribution in [0.15, 0.2) is 18.2 Å². The first-order valence-electron chi connectivity index (χ1n) is 5.96. The van der Waals surface area contributed by atoms with Gasteiger partial charge in [0.05, 0.1) is 17.9 Å². The summed E-state index contributed by atoms with van der Waals surface area (Å²) in [7, 11) is -1.98. The van der Waals surface area contributed by atoms with E-state index in [1.807, 2.05) is 0 Å². The zero-order valence-corrected chi connectivity index (χ0v) is 12.0. The molecule has 0 aliphatic rings. The van der Waals surface area contributed by atoms with Gasteiger partial charge in [0.15, 0.2) is 0 Å². The lowest BCUT2D eigenvalue weighted by atomic mass is 10.2. The zero-order chi connectivity index (χ0) is 15.0. The number of benzene rings is 1. The van der Waals surface area contributed by atoms with Gasteiger partial charge in [-0.3, -0.25) is 4.72 Å². The van der Waals surface area contributed by atoms with Crippen LogP contribution in [0.5, 0.6) is 0 Å². The van der Waals surface area contributed by atoms with Gasteiger partial charge in [-0.1, -0.05) is 11.8 Å². The van der Waals surface area contributed by atoms with Crippen molar-refractivity contribution in [3.8, 4) is 11.8 Å². The minimum atomic E-state index is -3.48. The number of anilines is 1. The summed E-state index contributed by atoms with van der Waals surface area (Å²) in [6, 6.07) is 3.84. The maximum Gasteiger partial charge on any atom is 0.232 e. The van der Waals surface area contributed by atoms with E-state index in [-0.39, 0.29) is 23.5 Å². The van der Waals surface area contributed by atoms with Gasteiger partial charge in [-0.05, 0) is 24.6 Å². The molecule has 0 saturated heterocycles. The minimum absolute atomic E-state index is 0.0674. The van der Waals surface area contributed by atoms with Crippen molar-refractivity contribution >= 4 is 15.7 Å². The van der Waals surface area contributed by atoms with Crippen LogP contribution in [0.2, 0.25) is 0 Å². The first-order chi connectivity index (χ1) is 9.48. The van der Waals surface area contributed by atoms with E-state index in [2.05, 4.69) is 16.6 Å². The molecular weight excluding hydrogens is 283 g/mol. The number of halogens is 1. The average molecular weight is 300 g/mol. The Morgan fingerprint density at radius 3 is 2.85 bits per heavy atom. The highest BCUT2D eigenvalue weighted by atomic mass is 32.2. The Morgan fingerprint density at radius 2 is 2.20 bits per heavy atom. The SMILES string of the molecule is COCCCS(=O)(=O)Nc1ccc(F)c(C#CCN)c1. The van der Waals surface area contributed by atoms with Crippen LogP contribution < -0.4 is 10.5 Å². The van der Waals surface area contributed by atoms with Crippen molar-refractivity contribution in [1.29, 1.82) is 0 Å². The summed E-state index contributed by atoms with van der Waals surface area (Å²) in [6.07, 6.45) is 0.382. The summed E-state index contributed by atoms with van der Waals surface area (Å²) in [4.78, 5) is 0. The number of ether oxygens (including phenoxy) is 1. The molecule has 0 atom stereocenters. The lowest BCUT2D eigenvalue weighted by Gasteiger charge is -2.08. The third-order valence-electron chi connectivity index (χ3n) is 2.33. The predicted molar refractivity (Wildman–Crippen MR) is 76.2 cm³/mol. The molecule has 0 aromatic heterocycles. The zero-order valence-electron chi connectivity index (χ0n) is 11.1. The number of hydrogen-bond donors (Lipinski definition) is 2. The topological polar surface area (TPSA) is 81.4 Å². The van der Waals surface area contributed by atoms with Crippen LogP contribution >= 0.6 is 0 Å². The van der Waals surface area contributed by atoms with Gasteiger partial charge in [-0.15, -0.1) is 0 Å². The molecule has 0 amide bonds. The van der Waals surface area contributed by atoms with E-state index in [9.17, 15) is 12.8 Å². The third-order valence-corrected chi connectivity index (χ3v) is 3.70. The molecule has 1 rings (SSSR count). The molecule has 1 aromatic rings. The van der Waals surface area contributed by atoms with Crippen LogP contribution in [0.25, 0.3) is 0 Å². The van der Waals surface area contributed by atoms with Crippen LogP contribution in [0, 0.1) is 17.7 Å². The predicted octanol–water partition coefficient (Wildman–Crippen LogP) is 0.914. The van der Waals surface area contributed by atoms with E-state index >= 15 is 0 Å². The fraction of sp³-hybridized carbons (Fsp3) is 0.385. The number of hydrogen-bond acceptors (Lipinski definition) is 4. The molecule has 0 unspecified atom stereocenters. The highest BCUT2D eigenvalue weighted by Gasteiger charge is 2.11. The summed E-state index contributed by atoms with van der Waals surface area (Å²) < 4.78 is 44.1. The van der Waals surface area contributed by atoms with Gasteiger partial charge < -0.3 is 10.5 Å². The van der Waals surface area contributed by atoms with Crippen LogP contribution in [-0.4, -0.2) is 34.4 Å². The summed E-state index contributed by atoms with van der Waals surface area (Å²) in [5, 5.41) is 0. The van der Waals surface area contributed by atoms with E-state index in [1.165, 1.54) is 19.2 Å². The lowest BCUT2D eigenvalue weighted by molar-refractivity contribution is 0.199. The van der Waals surface area contributed by atoms with Crippen molar-refractivity contribution < 1.29 is 17.5 Å². The monoisotopic (exact) mass is 300 g/mol. The van der Waals surface area contributed by atoms with Gasteiger partial charge in [-0.25, -0.2) is 12.8 Å². The molecule has 0 heterocycles. The molecule has 0 fully saturated rings. The molecule has 0 aliphatic heterocycles. The van der Waals surface area contributed by atoms with Crippen molar-refractivity contribution in [2.24, 2.45) is 5.73 Å². The molecule has 1 aromatic carbocycles. The lowest BCUT2D eigenvalue weighted by Crippen LogP contribution is -2.17. The van der Waals surface area contributed by atoms with E-state index in [0.29, 0.717) is 13.0 Å². The molecule has 0 saturated carbocycles. The van der Waals surface area contributed by atoms with Gasteiger partial charge in [0, 0.05) is 19.4 Å². The number of nitrogens with one attached hydrogen (secondary N) is 1. The summed E-state index contributed by atoms with van der Waals surface area (Å²) >= 11 is 0. The Balaban J connectivity index is 2.82. The second-order valence-electron chi connectivity index (χ2n) is 3.97. The molecule has 20 heavy (non-hydrogen) atoms. The van der Waals surface area contributed by atoms with E-state index in [1.54, 1.807) is 0 Å².